The zero-order chi connectivity index (χ0) is 24.4. The molecule has 1 aromatic heterocycles. The number of anilines is 4. The van der Waals surface area contributed by atoms with Crippen LogP contribution in [0.25, 0.3) is 10.9 Å². The molecule has 0 aliphatic carbocycles. The number of nitrogens with two attached hydrogens (primary N) is 1. The number of rotatable bonds is 5. The molecular weight excluding hydrogens is 578 g/mol. The van der Waals surface area contributed by atoms with E-state index in [9.17, 15) is 4.79 Å². The Hall–Kier alpha value is -3.21. The first-order chi connectivity index (χ1) is 17.0. The molecule has 10 heteroatoms. The van der Waals surface area contributed by atoms with E-state index in [2.05, 4.69) is 46.7 Å². The summed E-state index contributed by atoms with van der Waals surface area (Å²) in [6, 6.07) is 18.5. The first-order valence-electron chi connectivity index (χ1n) is 10.9. The Morgan fingerprint density at radius 1 is 0.971 bits per heavy atom. The fourth-order valence-electron chi connectivity index (χ4n) is 3.85. The Bertz CT molecular complexity index is 1380. The molecule has 178 valence electrons. The molecule has 2 N–H and O–H groups in total. The third kappa shape index (κ3) is 5.09. The topological polar surface area (TPSA) is 93.8 Å². The number of aromatic nitrogens is 2. The number of hydrogen-bond donors (Lipinski definition) is 1. The van der Waals surface area contributed by atoms with Crippen molar-refractivity contribution in [3.05, 3.63) is 81.5 Å². The molecule has 1 aliphatic heterocycles. The largest absolute Gasteiger partial charge is 0.398 e. The summed E-state index contributed by atoms with van der Waals surface area (Å²) < 4.78 is 7.03. The summed E-state index contributed by atoms with van der Waals surface area (Å²) in [7, 11) is 0. The van der Waals surface area contributed by atoms with Crippen LogP contribution in [0.15, 0.2) is 75.9 Å². The SMILES string of the molecule is Nc1ccc(Br)cc1C(=O)ON(c1ccc(N2CCOCC2)cc1)c1ncnc2ccc(Br)cc12. The average molecular weight is 599 g/mol. The van der Waals surface area contributed by atoms with Gasteiger partial charge in [0.05, 0.1) is 30.0 Å². The minimum Gasteiger partial charge on any atom is -0.398 e. The number of carbonyl (C=O) groups is 1. The van der Waals surface area contributed by atoms with E-state index in [4.69, 9.17) is 15.3 Å². The van der Waals surface area contributed by atoms with Gasteiger partial charge in [0.25, 0.3) is 0 Å². The van der Waals surface area contributed by atoms with Crippen LogP contribution in [0.4, 0.5) is 22.9 Å². The van der Waals surface area contributed by atoms with Gasteiger partial charge in [0.2, 0.25) is 0 Å². The summed E-state index contributed by atoms with van der Waals surface area (Å²) in [6.45, 7) is 3.04. The van der Waals surface area contributed by atoms with Crippen molar-refractivity contribution >= 4 is 71.6 Å². The summed E-state index contributed by atoms with van der Waals surface area (Å²) in [6.07, 6.45) is 1.45. The maximum absolute atomic E-state index is 13.3. The molecule has 35 heavy (non-hydrogen) atoms. The summed E-state index contributed by atoms with van der Waals surface area (Å²) in [4.78, 5) is 30.3. The first kappa shape index (κ1) is 23.5. The van der Waals surface area contributed by atoms with E-state index in [1.54, 1.807) is 18.2 Å². The van der Waals surface area contributed by atoms with Crippen LogP contribution >= 0.6 is 31.9 Å². The number of ether oxygens (including phenoxy) is 1. The number of nitrogens with zero attached hydrogens (tertiary/aromatic N) is 4. The number of carbonyl (C=O) groups excluding carboxylic acids is 1. The van der Waals surface area contributed by atoms with E-state index >= 15 is 0 Å². The second-order valence-corrected chi connectivity index (χ2v) is 9.71. The van der Waals surface area contributed by atoms with Gasteiger partial charge in [-0.1, -0.05) is 31.9 Å². The molecule has 0 saturated carbocycles. The lowest BCUT2D eigenvalue weighted by atomic mass is 10.2. The van der Waals surface area contributed by atoms with Crippen molar-refractivity contribution in [1.82, 2.24) is 9.97 Å². The third-order valence-corrected chi connectivity index (χ3v) is 6.63. The third-order valence-electron chi connectivity index (χ3n) is 5.64. The quantitative estimate of drug-likeness (QED) is 0.238. The van der Waals surface area contributed by atoms with Crippen molar-refractivity contribution in [2.75, 3.05) is 42.0 Å². The van der Waals surface area contributed by atoms with Gasteiger partial charge in [-0.2, -0.15) is 5.06 Å². The van der Waals surface area contributed by atoms with Gasteiger partial charge < -0.3 is 20.2 Å². The summed E-state index contributed by atoms with van der Waals surface area (Å²) in [5, 5.41) is 2.14. The van der Waals surface area contributed by atoms with Crippen molar-refractivity contribution in [3.8, 4) is 0 Å². The highest BCUT2D eigenvalue weighted by Gasteiger charge is 2.23. The number of hydrogen-bond acceptors (Lipinski definition) is 8. The van der Waals surface area contributed by atoms with Crippen LogP contribution < -0.4 is 15.7 Å². The smallest absolute Gasteiger partial charge is 0.365 e. The highest BCUT2D eigenvalue weighted by molar-refractivity contribution is 9.10. The van der Waals surface area contributed by atoms with E-state index in [1.807, 2.05) is 42.5 Å². The molecule has 2 heterocycles. The maximum atomic E-state index is 13.3. The molecular formula is C25H21Br2N5O3. The molecule has 1 fully saturated rings. The van der Waals surface area contributed by atoms with Crippen molar-refractivity contribution in [1.29, 1.82) is 0 Å². The highest BCUT2D eigenvalue weighted by Crippen LogP contribution is 2.33. The number of halogens is 2. The van der Waals surface area contributed by atoms with Gasteiger partial charge in [-0.25, -0.2) is 14.8 Å². The Labute approximate surface area is 218 Å². The van der Waals surface area contributed by atoms with E-state index < -0.39 is 5.97 Å². The van der Waals surface area contributed by atoms with E-state index in [0.29, 0.717) is 41.3 Å². The molecule has 1 saturated heterocycles. The highest BCUT2D eigenvalue weighted by atomic mass is 79.9. The minimum absolute atomic E-state index is 0.244. The van der Waals surface area contributed by atoms with Crippen LogP contribution in [0, 0.1) is 0 Å². The van der Waals surface area contributed by atoms with Crippen LogP contribution in [-0.4, -0.2) is 42.2 Å². The maximum Gasteiger partial charge on any atom is 0.365 e. The van der Waals surface area contributed by atoms with E-state index in [1.165, 1.54) is 11.4 Å². The van der Waals surface area contributed by atoms with Gasteiger partial charge in [0.1, 0.15) is 6.33 Å². The van der Waals surface area contributed by atoms with Crippen molar-refractivity contribution in [3.63, 3.8) is 0 Å². The number of benzene rings is 3. The molecule has 0 amide bonds. The predicted molar refractivity (Wildman–Crippen MR) is 143 cm³/mol. The molecule has 0 unspecified atom stereocenters. The number of morpholine rings is 1. The van der Waals surface area contributed by atoms with Gasteiger partial charge in [0.15, 0.2) is 5.82 Å². The lowest BCUT2D eigenvalue weighted by Gasteiger charge is -2.29. The van der Waals surface area contributed by atoms with E-state index in [-0.39, 0.29) is 5.56 Å². The lowest BCUT2D eigenvalue weighted by Crippen LogP contribution is -2.36. The van der Waals surface area contributed by atoms with Crippen LogP contribution in [0.5, 0.6) is 0 Å². The second-order valence-electron chi connectivity index (χ2n) is 7.88. The molecule has 0 radical (unpaired) electrons. The first-order valence-corrected chi connectivity index (χ1v) is 12.5. The fraction of sp³-hybridized carbons (Fsp3) is 0.160. The zero-order valence-corrected chi connectivity index (χ0v) is 21.7. The molecule has 3 aromatic carbocycles. The van der Waals surface area contributed by atoms with Crippen LogP contribution in [0.3, 0.4) is 0 Å². The predicted octanol–water partition coefficient (Wildman–Crippen LogP) is 5.48. The molecule has 8 nitrogen and oxygen atoms in total. The fourth-order valence-corrected chi connectivity index (χ4v) is 4.58. The van der Waals surface area contributed by atoms with Gasteiger partial charge in [-0.3, -0.25) is 0 Å². The number of fused-ring (bicyclic) bond motifs is 1. The van der Waals surface area contributed by atoms with Gasteiger partial charge >= 0.3 is 5.97 Å². The van der Waals surface area contributed by atoms with Crippen molar-refractivity contribution in [2.24, 2.45) is 0 Å². The van der Waals surface area contributed by atoms with E-state index in [0.717, 1.165) is 27.7 Å². The molecule has 4 aromatic rings. The molecule has 0 bridgehead atoms. The Morgan fingerprint density at radius 2 is 1.69 bits per heavy atom. The second kappa shape index (κ2) is 10.2. The Kier molecular flexibility index (Phi) is 6.85. The van der Waals surface area contributed by atoms with Crippen molar-refractivity contribution in [2.45, 2.75) is 0 Å². The Balaban J connectivity index is 1.56. The summed E-state index contributed by atoms with van der Waals surface area (Å²) in [5.74, 6) is -0.180. The summed E-state index contributed by atoms with van der Waals surface area (Å²) >= 11 is 6.90. The standard InChI is InChI=1S/C25H21Br2N5O3/c26-16-1-7-22(28)20(13-16)25(33)35-32(24-21-14-17(27)2-8-23(21)29-15-30-24)19-5-3-18(4-6-19)31-9-11-34-12-10-31/h1-8,13-15H,9-12,28H2. The molecule has 0 atom stereocenters. The molecule has 1 aliphatic rings. The van der Waals surface area contributed by atoms with Crippen LogP contribution in [-0.2, 0) is 9.57 Å². The molecule has 0 spiro atoms. The van der Waals surface area contributed by atoms with Crippen LogP contribution in [0.1, 0.15) is 10.4 Å². The zero-order valence-electron chi connectivity index (χ0n) is 18.5. The van der Waals surface area contributed by atoms with Gasteiger partial charge in [0, 0.05) is 38.8 Å². The molecule has 5 rings (SSSR count). The van der Waals surface area contributed by atoms with Gasteiger partial charge in [-0.05, 0) is 60.7 Å². The Morgan fingerprint density at radius 3 is 2.46 bits per heavy atom. The van der Waals surface area contributed by atoms with Crippen molar-refractivity contribution < 1.29 is 14.4 Å². The normalized spacial score (nSPS) is 13.6. The monoisotopic (exact) mass is 597 g/mol. The minimum atomic E-state index is -0.609. The van der Waals surface area contributed by atoms with Gasteiger partial charge in [-0.15, -0.1) is 0 Å². The summed E-state index contributed by atoms with van der Waals surface area (Å²) in [5.41, 5.74) is 9.04. The van der Waals surface area contributed by atoms with Crippen LogP contribution in [0.2, 0.25) is 0 Å². The number of nitrogen functional groups attached to an aromatic ring is 1. The average Bonchev–Trinajstić information content (AvgIpc) is 2.89. The lowest BCUT2D eigenvalue weighted by molar-refractivity contribution is 0.0503.